The molecule has 0 aromatic heterocycles. The molecule has 0 amide bonds. The Morgan fingerprint density at radius 3 is 2.38 bits per heavy atom. The Morgan fingerprint density at radius 1 is 1.19 bits per heavy atom. The van der Waals surface area contributed by atoms with E-state index in [-0.39, 0.29) is 18.1 Å². The number of aliphatic hydroxyl groups excluding tert-OH is 1. The fraction of sp³-hybridized carbons (Fsp3) is 0.941. The van der Waals surface area contributed by atoms with Crippen molar-refractivity contribution in [2.45, 2.75) is 94.8 Å². The van der Waals surface area contributed by atoms with E-state index in [4.69, 9.17) is 23.4 Å². The van der Waals surface area contributed by atoms with Crippen molar-refractivity contribution >= 4 is 14.3 Å². The molecule has 8 nitrogen and oxygen atoms in total. The quantitative estimate of drug-likeness (QED) is 0.527. The normalized spacial score (nSPS) is 42.2. The van der Waals surface area contributed by atoms with Crippen molar-refractivity contribution in [1.29, 1.82) is 0 Å². The van der Waals surface area contributed by atoms with E-state index in [2.05, 4.69) is 33.9 Å². The smallest absolute Gasteiger partial charge is 0.308 e. The second-order valence-corrected chi connectivity index (χ2v) is 13.6. The van der Waals surface area contributed by atoms with Gasteiger partial charge in [0, 0.05) is 0 Å². The van der Waals surface area contributed by atoms with Gasteiger partial charge in [0.2, 0.25) is 0 Å². The first-order chi connectivity index (χ1) is 11.9. The minimum Gasteiger partial charge on any atom is -0.466 e. The number of hydrogen-bond acceptors (Lipinski definition) is 8. The number of carbonyl (C=O) groups excluding carboxylic acids is 1. The molecule has 9 heteroatoms. The van der Waals surface area contributed by atoms with Gasteiger partial charge in [-0.05, 0) is 25.1 Å². The molecule has 3 saturated heterocycles. The van der Waals surface area contributed by atoms with Gasteiger partial charge in [-0.1, -0.05) is 20.8 Å². The summed E-state index contributed by atoms with van der Waals surface area (Å²) in [4.78, 5) is 12.1. The second kappa shape index (κ2) is 6.51. The molecule has 4 fully saturated rings. The van der Waals surface area contributed by atoms with Gasteiger partial charge in [0.15, 0.2) is 8.32 Å². The average Bonchev–Trinajstić information content (AvgIpc) is 2.50. The largest absolute Gasteiger partial charge is 0.466 e. The van der Waals surface area contributed by atoms with Gasteiger partial charge in [-0.15, -0.1) is 0 Å². The molecule has 1 aliphatic carbocycles. The highest BCUT2D eigenvalue weighted by Crippen LogP contribution is 2.50. The maximum atomic E-state index is 12.1. The zero-order valence-electron chi connectivity index (χ0n) is 16.2. The summed E-state index contributed by atoms with van der Waals surface area (Å²) in [6, 6.07) is 0. The highest BCUT2D eigenvalue weighted by molar-refractivity contribution is 6.74. The van der Waals surface area contributed by atoms with Gasteiger partial charge in [-0.3, -0.25) is 4.79 Å². The van der Waals surface area contributed by atoms with Crippen LogP contribution in [0.2, 0.25) is 18.1 Å². The number of rotatable bonds is 5. The van der Waals surface area contributed by atoms with Crippen molar-refractivity contribution in [3.63, 3.8) is 0 Å². The Hall–Kier alpha value is -0.553. The number of ether oxygens (including phenoxy) is 4. The van der Waals surface area contributed by atoms with Gasteiger partial charge in [0.1, 0.15) is 36.1 Å². The number of aliphatic hydroxyl groups is 2. The van der Waals surface area contributed by atoms with Gasteiger partial charge >= 0.3 is 5.97 Å². The maximum Gasteiger partial charge on any atom is 0.308 e. The van der Waals surface area contributed by atoms with Crippen LogP contribution in [0.25, 0.3) is 0 Å². The molecule has 7 atom stereocenters. The third-order valence-corrected chi connectivity index (χ3v) is 10.5. The van der Waals surface area contributed by atoms with Gasteiger partial charge in [-0.25, -0.2) is 0 Å². The van der Waals surface area contributed by atoms with Gasteiger partial charge in [-0.2, -0.15) is 0 Å². The van der Waals surface area contributed by atoms with E-state index in [0.717, 1.165) is 0 Å². The molecule has 0 radical (unpaired) electrons. The first kappa shape index (κ1) is 20.2. The molecule has 0 spiro atoms. The molecule has 26 heavy (non-hydrogen) atoms. The molecule has 2 N–H and O–H groups in total. The van der Waals surface area contributed by atoms with E-state index in [0.29, 0.717) is 0 Å². The van der Waals surface area contributed by atoms with Crippen LogP contribution in [-0.4, -0.2) is 73.7 Å². The molecule has 1 unspecified atom stereocenters. The first-order valence-electron chi connectivity index (χ1n) is 9.11. The van der Waals surface area contributed by atoms with Crippen LogP contribution >= 0.6 is 0 Å². The van der Waals surface area contributed by atoms with Crippen LogP contribution in [0.3, 0.4) is 0 Å². The van der Waals surface area contributed by atoms with Gasteiger partial charge in [0.05, 0.1) is 13.0 Å². The van der Waals surface area contributed by atoms with Crippen molar-refractivity contribution in [3.8, 4) is 0 Å². The Morgan fingerprint density at radius 2 is 1.81 bits per heavy atom. The second-order valence-electron chi connectivity index (χ2n) is 8.81. The van der Waals surface area contributed by atoms with Crippen LogP contribution in [0.4, 0.5) is 0 Å². The Labute approximate surface area is 154 Å². The molecule has 3 heterocycles. The molecule has 1 saturated carbocycles. The van der Waals surface area contributed by atoms with Crippen LogP contribution in [0.15, 0.2) is 0 Å². The van der Waals surface area contributed by atoms with Gasteiger partial charge in [0.25, 0.3) is 6.48 Å². The summed E-state index contributed by atoms with van der Waals surface area (Å²) in [7, 11) is -2.25. The monoisotopic (exact) mass is 390 g/mol. The van der Waals surface area contributed by atoms with Crippen molar-refractivity contribution in [3.05, 3.63) is 0 Å². The van der Waals surface area contributed by atoms with Crippen molar-refractivity contribution in [1.82, 2.24) is 0 Å². The lowest BCUT2D eigenvalue weighted by Gasteiger charge is -2.62. The number of carbonyl (C=O) groups is 1. The summed E-state index contributed by atoms with van der Waals surface area (Å²) in [5.41, 5.74) is -1.74. The van der Waals surface area contributed by atoms with E-state index < -0.39 is 56.9 Å². The zero-order valence-corrected chi connectivity index (χ0v) is 17.2. The molecule has 150 valence electrons. The van der Waals surface area contributed by atoms with E-state index in [1.807, 2.05) is 0 Å². The summed E-state index contributed by atoms with van der Waals surface area (Å²) in [5, 5.41) is 21.9. The van der Waals surface area contributed by atoms with E-state index in [9.17, 15) is 15.0 Å². The highest BCUT2D eigenvalue weighted by atomic mass is 28.4. The summed E-state index contributed by atoms with van der Waals surface area (Å²) in [6.07, 6.45) is -4.67. The van der Waals surface area contributed by atoms with Crippen molar-refractivity contribution in [2.24, 2.45) is 0 Å². The predicted octanol–water partition coefficient (Wildman–Crippen LogP) is 0.902. The first-order valence-corrected chi connectivity index (χ1v) is 12.0. The number of esters is 1. The van der Waals surface area contributed by atoms with Crippen LogP contribution in [0, 0.1) is 0 Å². The molecule has 0 aromatic carbocycles. The van der Waals surface area contributed by atoms with Crippen LogP contribution < -0.4 is 0 Å². The van der Waals surface area contributed by atoms with Crippen LogP contribution in [-0.2, 0) is 28.2 Å². The summed E-state index contributed by atoms with van der Waals surface area (Å²) in [5.74, 6) is -0.575. The standard InChI is InChI=1S/C17H30O8Si/c1-7-21-9(18)8-17(20)13-10(19)11-12(14(17)24-15(22-11)23-13)25-26(5,6)16(2,3)4/h10-15,19-20H,7-8H2,1-6H3/t10-,11-,12-,13+,14-,15?,17-/m0/s1. The van der Waals surface area contributed by atoms with E-state index in [1.54, 1.807) is 6.92 Å². The Kier molecular flexibility index (Phi) is 5.05. The van der Waals surface area contributed by atoms with Crippen molar-refractivity contribution < 1.29 is 38.4 Å². The molecular weight excluding hydrogens is 360 g/mol. The minimum absolute atomic E-state index is 0.0810. The summed E-state index contributed by atoms with van der Waals surface area (Å²) < 4.78 is 28.3. The molecule has 0 aromatic rings. The lowest BCUT2D eigenvalue weighted by atomic mass is 9.71. The molecular formula is C17H30O8Si. The summed E-state index contributed by atoms with van der Waals surface area (Å²) in [6.45, 7) is 11.4. The van der Waals surface area contributed by atoms with Gasteiger partial charge < -0.3 is 33.6 Å². The fourth-order valence-corrected chi connectivity index (χ4v) is 4.88. The SMILES string of the molecule is CCOC(=O)C[C@]1(O)[C@@H]2OC3O[C@@H]([C@@H]2O)[C@H](O[Si](C)(C)C(C)(C)C)[C@@H]1O3. The molecule has 4 aliphatic rings. The van der Waals surface area contributed by atoms with E-state index >= 15 is 0 Å². The third-order valence-electron chi connectivity index (χ3n) is 6.01. The molecule has 3 aliphatic heterocycles. The Balaban J connectivity index is 1.90. The van der Waals surface area contributed by atoms with Crippen LogP contribution in [0.1, 0.15) is 34.1 Å². The lowest BCUT2D eigenvalue weighted by molar-refractivity contribution is -0.498. The number of hydrogen-bond donors (Lipinski definition) is 2. The molecule has 4 rings (SSSR count). The minimum atomic E-state index is -2.25. The molecule has 4 bridgehead atoms. The average molecular weight is 391 g/mol. The lowest BCUT2D eigenvalue weighted by Crippen LogP contribution is -2.81. The van der Waals surface area contributed by atoms with Crippen molar-refractivity contribution in [2.75, 3.05) is 6.61 Å². The zero-order chi connectivity index (χ0) is 19.5. The third kappa shape index (κ3) is 3.13. The fourth-order valence-electron chi connectivity index (χ4n) is 3.59. The Bertz CT molecular complexity index is 561. The maximum absolute atomic E-state index is 12.1. The summed E-state index contributed by atoms with van der Waals surface area (Å²) >= 11 is 0. The predicted molar refractivity (Wildman–Crippen MR) is 92.7 cm³/mol. The topological polar surface area (TPSA) is 104 Å². The highest BCUT2D eigenvalue weighted by Gasteiger charge is 2.70. The van der Waals surface area contributed by atoms with E-state index in [1.165, 1.54) is 0 Å². The van der Waals surface area contributed by atoms with Crippen LogP contribution in [0.5, 0.6) is 0 Å².